The molecule has 3 nitrogen and oxygen atoms in total. The fourth-order valence-electron chi connectivity index (χ4n) is 1.87. The van der Waals surface area contributed by atoms with Crippen molar-refractivity contribution in [3.8, 4) is 11.5 Å². The SMILES string of the molecule is NCc1cc2cc(Oc3ccccc3)ccc2o1. The highest BCUT2D eigenvalue weighted by atomic mass is 16.5. The van der Waals surface area contributed by atoms with E-state index < -0.39 is 0 Å². The first-order valence-electron chi connectivity index (χ1n) is 5.80. The normalized spacial score (nSPS) is 10.7. The molecule has 0 aliphatic heterocycles. The third-order valence-corrected chi connectivity index (χ3v) is 2.72. The number of furan rings is 1. The van der Waals surface area contributed by atoms with Gasteiger partial charge in [-0.05, 0) is 36.4 Å². The van der Waals surface area contributed by atoms with Gasteiger partial charge in [0.2, 0.25) is 0 Å². The van der Waals surface area contributed by atoms with E-state index in [-0.39, 0.29) is 0 Å². The molecule has 0 saturated heterocycles. The molecular weight excluding hydrogens is 226 g/mol. The minimum Gasteiger partial charge on any atom is -0.460 e. The first-order valence-corrected chi connectivity index (χ1v) is 5.80. The van der Waals surface area contributed by atoms with Crippen molar-refractivity contribution in [3.05, 3.63) is 60.4 Å². The molecular formula is C15H13NO2. The molecule has 1 aromatic heterocycles. The summed E-state index contributed by atoms with van der Waals surface area (Å²) in [5.41, 5.74) is 6.38. The average Bonchev–Trinajstić information content (AvgIpc) is 2.82. The van der Waals surface area contributed by atoms with Crippen LogP contribution in [0.15, 0.2) is 59.0 Å². The zero-order chi connectivity index (χ0) is 12.4. The lowest BCUT2D eigenvalue weighted by Crippen LogP contribution is -1.92. The first-order chi connectivity index (χ1) is 8.85. The summed E-state index contributed by atoms with van der Waals surface area (Å²) in [6.45, 7) is 0.406. The highest BCUT2D eigenvalue weighted by molar-refractivity contribution is 5.79. The van der Waals surface area contributed by atoms with Crippen LogP contribution in [0.25, 0.3) is 11.0 Å². The molecule has 18 heavy (non-hydrogen) atoms. The molecule has 0 spiro atoms. The van der Waals surface area contributed by atoms with Crippen LogP contribution in [-0.2, 0) is 6.54 Å². The van der Waals surface area contributed by atoms with E-state index in [1.807, 2.05) is 54.6 Å². The Morgan fingerprint density at radius 1 is 0.944 bits per heavy atom. The summed E-state index contributed by atoms with van der Waals surface area (Å²) >= 11 is 0. The molecule has 2 aromatic carbocycles. The number of hydrogen-bond donors (Lipinski definition) is 1. The zero-order valence-corrected chi connectivity index (χ0v) is 9.80. The predicted molar refractivity (Wildman–Crippen MR) is 70.6 cm³/mol. The lowest BCUT2D eigenvalue weighted by atomic mass is 10.2. The van der Waals surface area contributed by atoms with Crippen molar-refractivity contribution in [1.82, 2.24) is 0 Å². The van der Waals surface area contributed by atoms with Crippen molar-refractivity contribution in [1.29, 1.82) is 0 Å². The van der Waals surface area contributed by atoms with Gasteiger partial charge in [-0.25, -0.2) is 0 Å². The standard InChI is InChI=1S/C15H13NO2/c16-10-14-9-11-8-13(6-7-15(11)18-14)17-12-4-2-1-3-5-12/h1-9H,10,16H2. The van der Waals surface area contributed by atoms with E-state index in [0.717, 1.165) is 28.2 Å². The van der Waals surface area contributed by atoms with Gasteiger partial charge in [0.05, 0.1) is 6.54 Å². The number of para-hydroxylation sites is 1. The number of benzene rings is 2. The molecule has 3 heteroatoms. The largest absolute Gasteiger partial charge is 0.460 e. The molecule has 3 aromatic rings. The van der Waals surface area contributed by atoms with E-state index in [1.165, 1.54) is 0 Å². The smallest absolute Gasteiger partial charge is 0.134 e. The van der Waals surface area contributed by atoms with Crippen LogP contribution in [-0.4, -0.2) is 0 Å². The summed E-state index contributed by atoms with van der Waals surface area (Å²) in [5.74, 6) is 2.39. The van der Waals surface area contributed by atoms with Crippen LogP contribution in [0.1, 0.15) is 5.76 Å². The van der Waals surface area contributed by atoms with Crippen LogP contribution in [0.4, 0.5) is 0 Å². The van der Waals surface area contributed by atoms with Gasteiger partial charge in [-0.2, -0.15) is 0 Å². The molecule has 0 radical (unpaired) electrons. The van der Waals surface area contributed by atoms with E-state index in [4.69, 9.17) is 14.9 Å². The Morgan fingerprint density at radius 2 is 1.78 bits per heavy atom. The first kappa shape index (κ1) is 10.9. The van der Waals surface area contributed by atoms with E-state index in [9.17, 15) is 0 Å². The second-order valence-corrected chi connectivity index (χ2v) is 4.03. The molecule has 0 amide bonds. The second-order valence-electron chi connectivity index (χ2n) is 4.03. The van der Waals surface area contributed by atoms with Gasteiger partial charge in [0.1, 0.15) is 22.8 Å². The maximum atomic E-state index is 5.76. The van der Waals surface area contributed by atoms with Crippen LogP contribution in [0.3, 0.4) is 0 Å². The van der Waals surface area contributed by atoms with Gasteiger partial charge in [0.25, 0.3) is 0 Å². The van der Waals surface area contributed by atoms with Gasteiger partial charge >= 0.3 is 0 Å². The number of rotatable bonds is 3. The van der Waals surface area contributed by atoms with Crippen molar-refractivity contribution >= 4 is 11.0 Å². The lowest BCUT2D eigenvalue weighted by molar-refractivity contribution is 0.483. The molecule has 3 rings (SSSR count). The van der Waals surface area contributed by atoms with Gasteiger partial charge in [-0.3, -0.25) is 0 Å². The summed E-state index contributed by atoms with van der Waals surface area (Å²) in [4.78, 5) is 0. The molecule has 1 heterocycles. The molecule has 90 valence electrons. The van der Waals surface area contributed by atoms with E-state index in [2.05, 4.69) is 0 Å². The van der Waals surface area contributed by atoms with Gasteiger partial charge < -0.3 is 14.9 Å². The van der Waals surface area contributed by atoms with Gasteiger partial charge in [0.15, 0.2) is 0 Å². The second kappa shape index (κ2) is 4.55. The summed E-state index contributed by atoms with van der Waals surface area (Å²) < 4.78 is 11.3. The van der Waals surface area contributed by atoms with Crippen molar-refractivity contribution in [2.75, 3.05) is 0 Å². The summed E-state index contributed by atoms with van der Waals surface area (Å²) in [7, 11) is 0. The molecule has 0 unspecified atom stereocenters. The van der Waals surface area contributed by atoms with Crippen LogP contribution in [0.5, 0.6) is 11.5 Å². The fourth-order valence-corrected chi connectivity index (χ4v) is 1.87. The number of fused-ring (bicyclic) bond motifs is 1. The Labute approximate surface area is 105 Å². The summed E-state index contributed by atoms with van der Waals surface area (Å²) in [6.07, 6.45) is 0. The minimum atomic E-state index is 0.406. The third kappa shape index (κ3) is 2.08. The molecule has 0 saturated carbocycles. The van der Waals surface area contributed by atoms with Gasteiger partial charge in [0, 0.05) is 5.39 Å². The van der Waals surface area contributed by atoms with E-state index >= 15 is 0 Å². The van der Waals surface area contributed by atoms with Crippen LogP contribution in [0, 0.1) is 0 Å². The third-order valence-electron chi connectivity index (χ3n) is 2.72. The number of hydrogen-bond acceptors (Lipinski definition) is 3. The lowest BCUT2D eigenvalue weighted by Gasteiger charge is -2.04. The van der Waals surface area contributed by atoms with Crippen molar-refractivity contribution in [2.45, 2.75) is 6.54 Å². The number of nitrogens with two attached hydrogens (primary N) is 1. The molecule has 0 fully saturated rings. The number of ether oxygens (including phenoxy) is 1. The maximum absolute atomic E-state index is 5.76. The molecule has 0 aliphatic carbocycles. The molecule has 2 N–H and O–H groups in total. The Hall–Kier alpha value is -2.26. The average molecular weight is 239 g/mol. The van der Waals surface area contributed by atoms with Crippen molar-refractivity contribution in [2.24, 2.45) is 5.73 Å². The quantitative estimate of drug-likeness (QED) is 0.758. The molecule has 0 aliphatic rings. The maximum Gasteiger partial charge on any atom is 0.134 e. The minimum absolute atomic E-state index is 0.406. The van der Waals surface area contributed by atoms with Crippen molar-refractivity contribution < 1.29 is 9.15 Å². The van der Waals surface area contributed by atoms with Crippen LogP contribution in [0.2, 0.25) is 0 Å². The van der Waals surface area contributed by atoms with Crippen molar-refractivity contribution in [3.63, 3.8) is 0 Å². The van der Waals surface area contributed by atoms with Crippen LogP contribution < -0.4 is 10.5 Å². The summed E-state index contributed by atoms with van der Waals surface area (Å²) in [6, 6.07) is 17.4. The summed E-state index contributed by atoms with van der Waals surface area (Å²) in [5, 5.41) is 1.00. The Morgan fingerprint density at radius 3 is 2.56 bits per heavy atom. The highest BCUT2D eigenvalue weighted by Crippen LogP contribution is 2.27. The Kier molecular flexibility index (Phi) is 2.74. The van der Waals surface area contributed by atoms with Crippen LogP contribution >= 0.6 is 0 Å². The topological polar surface area (TPSA) is 48.4 Å². The molecule has 0 atom stereocenters. The molecule has 0 bridgehead atoms. The monoisotopic (exact) mass is 239 g/mol. The Bertz CT molecular complexity index is 659. The Balaban J connectivity index is 1.93. The van der Waals surface area contributed by atoms with Gasteiger partial charge in [-0.1, -0.05) is 18.2 Å². The van der Waals surface area contributed by atoms with E-state index in [1.54, 1.807) is 0 Å². The fraction of sp³-hybridized carbons (Fsp3) is 0.0667. The zero-order valence-electron chi connectivity index (χ0n) is 9.80. The van der Waals surface area contributed by atoms with Gasteiger partial charge in [-0.15, -0.1) is 0 Å². The highest BCUT2D eigenvalue weighted by Gasteiger charge is 2.04. The predicted octanol–water partition coefficient (Wildman–Crippen LogP) is 3.68. The van der Waals surface area contributed by atoms with E-state index in [0.29, 0.717) is 6.54 Å².